The van der Waals surface area contributed by atoms with Gasteiger partial charge in [0.15, 0.2) is 5.75 Å². The molecule has 0 atom stereocenters. The molecule has 0 saturated carbocycles. The number of ether oxygens (including phenoxy) is 2. The summed E-state index contributed by atoms with van der Waals surface area (Å²) in [7, 11) is 1.54. The first kappa shape index (κ1) is 11.5. The molecule has 2 N–H and O–H groups in total. The van der Waals surface area contributed by atoms with E-state index in [0.29, 0.717) is 28.1 Å². The number of nitrogens with zero attached hydrogens (tertiary/aromatic N) is 1. The number of nitrogen functional groups attached to an aromatic ring is 1. The van der Waals surface area contributed by atoms with Gasteiger partial charge in [-0.1, -0.05) is 17.7 Å². The predicted octanol–water partition coefficient (Wildman–Crippen LogP) is 3.12. The van der Waals surface area contributed by atoms with Crippen molar-refractivity contribution in [3.05, 3.63) is 41.6 Å². The summed E-state index contributed by atoms with van der Waals surface area (Å²) < 4.78 is 10.6. The van der Waals surface area contributed by atoms with Gasteiger partial charge in [0.1, 0.15) is 5.75 Å². The van der Waals surface area contributed by atoms with Crippen molar-refractivity contribution < 1.29 is 9.47 Å². The van der Waals surface area contributed by atoms with Gasteiger partial charge in [-0.05, 0) is 18.2 Å². The summed E-state index contributed by atoms with van der Waals surface area (Å²) in [6.45, 7) is 0. The van der Waals surface area contributed by atoms with Crippen LogP contribution in [0, 0.1) is 0 Å². The molecule has 17 heavy (non-hydrogen) atoms. The summed E-state index contributed by atoms with van der Waals surface area (Å²) in [4.78, 5) is 3.98. The summed E-state index contributed by atoms with van der Waals surface area (Å²) in [5.74, 6) is 1.46. The van der Waals surface area contributed by atoms with E-state index in [1.54, 1.807) is 36.5 Å². The Labute approximate surface area is 104 Å². The normalized spacial score (nSPS) is 10.0. The zero-order valence-corrected chi connectivity index (χ0v) is 9.94. The average molecular weight is 251 g/mol. The highest BCUT2D eigenvalue weighted by Gasteiger charge is 2.07. The molecule has 5 heteroatoms. The second-order valence-electron chi connectivity index (χ2n) is 3.29. The van der Waals surface area contributed by atoms with Crippen LogP contribution >= 0.6 is 11.6 Å². The predicted molar refractivity (Wildman–Crippen MR) is 66.7 cm³/mol. The van der Waals surface area contributed by atoms with Crippen molar-refractivity contribution >= 4 is 17.3 Å². The molecule has 1 aromatic heterocycles. The molecule has 2 rings (SSSR count). The molecule has 4 nitrogen and oxygen atoms in total. The quantitative estimate of drug-likeness (QED) is 0.851. The number of benzene rings is 1. The largest absolute Gasteiger partial charge is 0.481 e. The second-order valence-corrected chi connectivity index (χ2v) is 3.70. The fourth-order valence-corrected chi connectivity index (χ4v) is 1.54. The van der Waals surface area contributed by atoms with Crippen LogP contribution in [0.1, 0.15) is 0 Å². The minimum atomic E-state index is 0.433. The maximum Gasteiger partial charge on any atom is 0.216 e. The van der Waals surface area contributed by atoms with Crippen molar-refractivity contribution in [1.29, 1.82) is 0 Å². The smallest absolute Gasteiger partial charge is 0.216 e. The number of para-hydroxylation sites is 1. The fraction of sp³-hybridized carbons (Fsp3) is 0.0833. The lowest BCUT2D eigenvalue weighted by molar-refractivity contribution is 0.392. The van der Waals surface area contributed by atoms with Gasteiger partial charge in [0.2, 0.25) is 5.88 Å². The Morgan fingerprint density at radius 1 is 1.29 bits per heavy atom. The van der Waals surface area contributed by atoms with E-state index < -0.39 is 0 Å². The Kier molecular flexibility index (Phi) is 3.35. The van der Waals surface area contributed by atoms with Gasteiger partial charge < -0.3 is 15.2 Å². The third-order valence-corrected chi connectivity index (χ3v) is 2.43. The van der Waals surface area contributed by atoms with Gasteiger partial charge in [0.05, 0.1) is 17.8 Å². The molecule has 0 amide bonds. The highest BCUT2D eigenvalue weighted by molar-refractivity contribution is 6.32. The Bertz CT molecular complexity index is 511. The lowest BCUT2D eigenvalue weighted by Crippen LogP contribution is -1.94. The standard InChI is InChI=1S/C12H11ClN2O2/c1-16-11-7-8(5-6-15-11)17-12-9(13)3-2-4-10(12)14/h2-7H,14H2,1H3. The van der Waals surface area contributed by atoms with Gasteiger partial charge in [0.25, 0.3) is 0 Å². The maximum atomic E-state index is 6.00. The molecule has 0 unspecified atom stereocenters. The van der Waals surface area contributed by atoms with Crippen LogP contribution in [0.2, 0.25) is 5.02 Å². The number of nitrogens with two attached hydrogens (primary N) is 1. The van der Waals surface area contributed by atoms with E-state index in [9.17, 15) is 0 Å². The molecule has 0 bridgehead atoms. The minimum Gasteiger partial charge on any atom is -0.481 e. The molecule has 0 aliphatic heterocycles. The van der Waals surface area contributed by atoms with Crippen LogP contribution in [0.5, 0.6) is 17.4 Å². The molecule has 0 aliphatic rings. The van der Waals surface area contributed by atoms with Gasteiger partial charge in [-0.15, -0.1) is 0 Å². The van der Waals surface area contributed by atoms with Gasteiger partial charge in [-0.25, -0.2) is 4.98 Å². The van der Waals surface area contributed by atoms with E-state index in [1.807, 2.05) is 0 Å². The molecular weight excluding hydrogens is 240 g/mol. The first-order valence-corrected chi connectivity index (χ1v) is 5.30. The molecule has 2 aromatic rings. The number of aromatic nitrogens is 1. The zero-order valence-electron chi connectivity index (χ0n) is 9.18. The highest BCUT2D eigenvalue weighted by atomic mass is 35.5. The van der Waals surface area contributed by atoms with E-state index in [1.165, 1.54) is 7.11 Å². The van der Waals surface area contributed by atoms with Gasteiger partial charge in [-0.2, -0.15) is 0 Å². The summed E-state index contributed by atoms with van der Waals surface area (Å²) in [6, 6.07) is 8.55. The molecule has 0 spiro atoms. The van der Waals surface area contributed by atoms with E-state index in [-0.39, 0.29) is 0 Å². The van der Waals surface area contributed by atoms with Crippen LogP contribution in [0.25, 0.3) is 0 Å². The van der Waals surface area contributed by atoms with Crippen LogP contribution < -0.4 is 15.2 Å². The van der Waals surface area contributed by atoms with Crippen LogP contribution in [-0.4, -0.2) is 12.1 Å². The molecular formula is C12H11ClN2O2. The van der Waals surface area contributed by atoms with Gasteiger partial charge in [0, 0.05) is 12.3 Å². The van der Waals surface area contributed by atoms with E-state index in [4.69, 9.17) is 26.8 Å². The van der Waals surface area contributed by atoms with Crippen molar-refractivity contribution in [3.63, 3.8) is 0 Å². The second kappa shape index (κ2) is 4.93. The number of hydrogen-bond acceptors (Lipinski definition) is 4. The monoisotopic (exact) mass is 250 g/mol. The third kappa shape index (κ3) is 2.60. The SMILES string of the molecule is COc1cc(Oc2c(N)cccc2Cl)ccn1. The molecule has 0 radical (unpaired) electrons. The Hall–Kier alpha value is -1.94. The Balaban J connectivity index is 2.31. The van der Waals surface area contributed by atoms with Crippen LogP contribution in [0.3, 0.4) is 0 Å². The number of anilines is 1. The van der Waals surface area contributed by atoms with Crippen molar-refractivity contribution in [3.8, 4) is 17.4 Å². The van der Waals surface area contributed by atoms with E-state index in [2.05, 4.69) is 4.98 Å². The summed E-state index contributed by atoms with van der Waals surface area (Å²) >= 11 is 6.00. The lowest BCUT2D eigenvalue weighted by atomic mass is 10.3. The molecule has 0 aliphatic carbocycles. The maximum absolute atomic E-state index is 6.00. The first-order valence-electron chi connectivity index (χ1n) is 4.92. The number of halogens is 1. The Morgan fingerprint density at radius 3 is 2.82 bits per heavy atom. The zero-order chi connectivity index (χ0) is 12.3. The molecule has 1 aromatic carbocycles. The van der Waals surface area contributed by atoms with E-state index in [0.717, 1.165) is 0 Å². The van der Waals surface area contributed by atoms with Crippen molar-refractivity contribution in [2.75, 3.05) is 12.8 Å². The number of methoxy groups -OCH3 is 1. The van der Waals surface area contributed by atoms with Crippen LogP contribution in [0.4, 0.5) is 5.69 Å². The molecule has 0 fully saturated rings. The average Bonchev–Trinajstić information content (AvgIpc) is 2.34. The van der Waals surface area contributed by atoms with Crippen LogP contribution in [0.15, 0.2) is 36.5 Å². The fourth-order valence-electron chi connectivity index (χ4n) is 1.32. The number of pyridine rings is 1. The third-order valence-electron chi connectivity index (χ3n) is 2.13. The lowest BCUT2D eigenvalue weighted by Gasteiger charge is -2.10. The summed E-state index contributed by atoms with van der Waals surface area (Å²) in [5.41, 5.74) is 6.26. The van der Waals surface area contributed by atoms with Crippen molar-refractivity contribution in [1.82, 2.24) is 4.98 Å². The van der Waals surface area contributed by atoms with Crippen LogP contribution in [-0.2, 0) is 0 Å². The van der Waals surface area contributed by atoms with E-state index >= 15 is 0 Å². The summed E-state index contributed by atoms with van der Waals surface area (Å²) in [6.07, 6.45) is 1.58. The number of hydrogen-bond donors (Lipinski definition) is 1. The van der Waals surface area contributed by atoms with Crippen molar-refractivity contribution in [2.45, 2.75) is 0 Å². The van der Waals surface area contributed by atoms with Gasteiger partial charge >= 0.3 is 0 Å². The first-order chi connectivity index (χ1) is 8.20. The minimum absolute atomic E-state index is 0.433. The topological polar surface area (TPSA) is 57.4 Å². The molecule has 1 heterocycles. The summed E-state index contributed by atoms with van der Waals surface area (Å²) in [5, 5.41) is 0.459. The molecule has 88 valence electrons. The molecule has 0 saturated heterocycles. The Morgan fingerprint density at radius 2 is 2.12 bits per heavy atom. The highest BCUT2D eigenvalue weighted by Crippen LogP contribution is 2.34. The van der Waals surface area contributed by atoms with Gasteiger partial charge in [-0.3, -0.25) is 0 Å². The van der Waals surface area contributed by atoms with Crippen molar-refractivity contribution in [2.24, 2.45) is 0 Å². The number of rotatable bonds is 3.